The van der Waals surface area contributed by atoms with Crippen molar-refractivity contribution in [2.75, 3.05) is 13.1 Å². The Hall–Kier alpha value is -0.0400. The van der Waals surface area contributed by atoms with Gasteiger partial charge in [-0.25, -0.2) is 0 Å². The molecular weight excluding hydrogens is 158 g/mol. The van der Waals surface area contributed by atoms with Gasteiger partial charge in [-0.3, -0.25) is 0 Å². The third kappa shape index (κ3) is 2.25. The molecule has 1 heteroatoms. The summed E-state index contributed by atoms with van der Waals surface area (Å²) in [5.74, 6) is 1.47. The van der Waals surface area contributed by atoms with Crippen LogP contribution in [0.2, 0.25) is 0 Å². The van der Waals surface area contributed by atoms with Gasteiger partial charge in [-0.2, -0.15) is 0 Å². The van der Waals surface area contributed by atoms with Gasteiger partial charge in [0, 0.05) is 12.0 Å². The van der Waals surface area contributed by atoms with Gasteiger partial charge in [-0.1, -0.05) is 6.42 Å². The Morgan fingerprint density at radius 3 is 2.31 bits per heavy atom. The van der Waals surface area contributed by atoms with Crippen molar-refractivity contribution in [1.29, 1.82) is 0 Å². The third-order valence-electron chi connectivity index (χ3n) is 3.11. The van der Waals surface area contributed by atoms with Gasteiger partial charge < -0.3 is 4.90 Å². The minimum absolute atomic E-state index is 0.621. The second kappa shape index (κ2) is 4.45. The quantitative estimate of drug-likeness (QED) is 0.624. The molecule has 5 radical (unpaired) electrons. The highest BCUT2D eigenvalue weighted by Gasteiger charge is 2.27. The van der Waals surface area contributed by atoms with Crippen molar-refractivity contribution in [3.8, 4) is 0 Å². The number of likely N-dealkylation sites (tertiary alicyclic amines) is 1. The summed E-state index contributed by atoms with van der Waals surface area (Å²) < 4.78 is 0. The van der Waals surface area contributed by atoms with Gasteiger partial charge in [-0.05, 0) is 58.5 Å². The highest BCUT2D eigenvalue weighted by Crippen LogP contribution is 2.30. The van der Waals surface area contributed by atoms with E-state index in [0.29, 0.717) is 6.04 Å². The van der Waals surface area contributed by atoms with Gasteiger partial charge in [0.05, 0.1) is 0 Å². The van der Waals surface area contributed by atoms with Crippen molar-refractivity contribution in [2.24, 2.45) is 0 Å². The van der Waals surface area contributed by atoms with E-state index in [0.717, 1.165) is 0 Å². The molecule has 1 aliphatic heterocycles. The van der Waals surface area contributed by atoms with Crippen LogP contribution in [0.3, 0.4) is 0 Å². The lowest BCUT2D eigenvalue weighted by Crippen LogP contribution is -2.40. The second-order valence-corrected chi connectivity index (χ2v) is 3.99. The topological polar surface area (TPSA) is 3.24 Å². The normalized spacial score (nSPS) is 29.3. The monoisotopic (exact) mass is 176 g/mol. The van der Waals surface area contributed by atoms with Crippen molar-refractivity contribution >= 4 is 0 Å². The van der Waals surface area contributed by atoms with Crippen LogP contribution in [0.25, 0.3) is 0 Å². The standard InChI is InChI=1S/C12H18N/c1-11(12-7-3-4-8-12)13-9-5-2-6-10-13/h3-4,7-8,11H,2,5-6,9-10H2,1H3/t11-/m1/s1. The Labute approximate surface area is 82.5 Å². The molecule has 0 unspecified atom stereocenters. The van der Waals surface area contributed by atoms with Gasteiger partial charge in [0.1, 0.15) is 0 Å². The Morgan fingerprint density at radius 1 is 1.08 bits per heavy atom. The molecule has 1 atom stereocenters. The summed E-state index contributed by atoms with van der Waals surface area (Å²) >= 11 is 0. The van der Waals surface area contributed by atoms with Gasteiger partial charge in [0.25, 0.3) is 0 Å². The smallest absolute Gasteiger partial charge is 0.0135 e. The van der Waals surface area contributed by atoms with E-state index < -0.39 is 0 Å². The summed E-state index contributed by atoms with van der Waals surface area (Å²) in [6.45, 7) is 4.89. The molecule has 0 bridgehead atoms. The summed E-state index contributed by atoms with van der Waals surface area (Å²) in [5.41, 5.74) is 0. The summed E-state index contributed by atoms with van der Waals surface area (Å²) in [4.78, 5) is 2.60. The summed E-state index contributed by atoms with van der Waals surface area (Å²) in [7, 11) is 0. The number of rotatable bonds is 2. The highest BCUT2D eigenvalue weighted by atomic mass is 15.2. The fourth-order valence-corrected chi connectivity index (χ4v) is 2.18. The van der Waals surface area contributed by atoms with E-state index in [4.69, 9.17) is 0 Å². The zero-order valence-electron chi connectivity index (χ0n) is 8.37. The average molecular weight is 176 g/mol. The third-order valence-corrected chi connectivity index (χ3v) is 3.11. The molecule has 2 fully saturated rings. The molecule has 71 valence electrons. The summed E-state index contributed by atoms with van der Waals surface area (Å²) in [5, 5.41) is 0. The van der Waals surface area contributed by atoms with E-state index in [1.165, 1.54) is 38.3 Å². The molecule has 1 saturated heterocycles. The van der Waals surface area contributed by atoms with E-state index in [1.807, 2.05) is 0 Å². The number of hydrogen-bond acceptors (Lipinski definition) is 1. The van der Waals surface area contributed by atoms with Crippen molar-refractivity contribution in [2.45, 2.75) is 32.2 Å². The molecule has 0 aromatic heterocycles. The molecule has 0 spiro atoms. The van der Waals surface area contributed by atoms with Crippen molar-refractivity contribution in [3.63, 3.8) is 0 Å². The van der Waals surface area contributed by atoms with Gasteiger partial charge in [0.2, 0.25) is 0 Å². The molecule has 1 heterocycles. The lowest BCUT2D eigenvalue weighted by atomic mass is 9.96. The van der Waals surface area contributed by atoms with Crippen molar-refractivity contribution in [3.05, 3.63) is 31.6 Å². The fourth-order valence-electron chi connectivity index (χ4n) is 2.18. The maximum Gasteiger partial charge on any atom is 0.0135 e. The Kier molecular flexibility index (Phi) is 3.26. The summed E-state index contributed by atoms with van der Waals surface area (Å²) in [6, 6.07) is 0.621. The molecule has 1 nitrogen and oxygen atoms in total. The first kappa shape index (κ1) is 9.51. The summed E-state index contributed by atoms with van der Waals surface area (Å²) in [6.07, 6.45) is 12.9. The van der Waals surface area contributed by atoms with E-state index in [9.17, 15) is 0 Å². The molecule has 1 saturated carbocycles. The van der Waals surface area contributed by atoms with E-state index in [-0.39, 0.29) is 0 Å². The van der Waals surface area contributed by atoms with Crippen LogP contribution >= 0.6 is 0 Å². The van der Waals surface area contributed by atoms with E-state index in [1.54, 1.807) is 0 Å². The lowest BCUT2D eigenvalue weighted by Gasteiger charge is -2.35. The largest absolute Gasteiger partial charge is 0.300 e. The van der Waals surface area contributed by atoms with Crippen molar-refractivity contribution < 1.29 is 0 Å². The molecule has 2 rings (SSSR count). The number of piperidine rings is 1. The molecule has 2 aliphatic rings. The van der Waals surface area contributed by atoms with Gasteiger partial charge >= 0.3 is 0 Å². The van der Waals surface area contributed by atoms with Crippen LogP contribution in [0.1, 0.15) is 26.2 Å². The highest BCUT2D eigenvalue weighted by molar-refractivity contribution is 5.38. The Balaban J connectivity index is 1.83. The predicted molar refractivity (Wildman–Crippen MR) is 55.3 cm³/mol. The molecule has 1 aliphatic carbocycles. The Bertz CT molecular complexity index is 143. The molecular formula is C12H18N. The number of hydrogen-bond donors (Lipinski definition) is 0. The first-order chi connectivity index (χ1) is 6.38. The zero-order valence-corrected chi connectivity index (χ0v) is 8.37. The van der Waals surface area contributed by atoms with Crippen LogP contribution in [0, 0.1) is 31.6 Å². The first-order valence-electron chi connectivity index (χ1n) is 5.33. The maximum absolute atomic E-state index is 2.60. The maximum atomic E-state index is 2.60. The van der Waals surface area contributed by atoms with Crippen LogP contribution in [-0.2, 0) is 0 Å². The molecule has 0 aromatic carbocycles. The lowest BCUT2D eigenvalue weighted by molar-refractivity contribution is 0.185. The minimum atomic E-state index is 0.621. The van der Waals surface area contributed by atoms with Crippen molar-refractivity contribution in [1.82, 2.24) is 4.90 Å². The van der Waals surface area contributed by atoms with Crippen LogP contribution in [-0.4, -0.2) is 24.0 Å². The minimum Gasteiger partial charge on any atom is -0.300 e. The van der Waals surface area contributed by atoms with Crippen LogP contribution < -0.4 is 0 Å². The number of nitrogens with zero attached hydrogens (tertiary/aromatic N) is 1. The second-order valence-electron chi connectivity index (χ2n) is 3.99. The van der Waals surface area contributed by atoms with Gasteiger partial charge in [0.15, 0.2) is 0 Å². The SMILES string of the molecule is C[C@H]([C]1[CH][CH][CH][CH]1)N1CCCCC1. The van der Waals surface area contributed by atoms with Gasteiger partial charge in [-0.15, -0.1) is 0 Å². The molecule has 13 heavy (non-hydrogen) atoms. The van der Waals surface area contributed by atoms with Crippen LogP contribution in [0.15, 0.2) is 0 Å². The van der Waals surface area contributed by atoms with E-state index >= 15 is 0 Å². The first-order valence-corrected chi connectivity index (χ1v) is 5.33. The Morgan fingerprint density at radius 2 is 1.69 bits per heavy atom. The van der Waals surface area contributed by atoms with Crippen LogP contribution in [0.4, 0.5) is 0 Å². The molecule has 0 N–H and O–H groups in total. The fraction of sp³-hybridized carbons (Fsp3) is 0.583. The zero-order chi connectivity index (χ0) is 9.10. The molecule has 0 aromatic rings. The van der Waals surface area contributed by atoms with E-state index in [2.05, 4.69) is 37.5 Å². The van der Waals surface area contributed by atoms with Crippen LogP contribution in [0.5, 0.6) is 0 Å². The predicted octanol–water partition coefficient (Wildman–Crippen LogP) is 2.27. The average Bonchev–Trinajstić information content (AvgIpc) is 2.71. The molecule has 0 amide bonds.